The molecule has 0 aliphatic heterocycles. The minimum Gasteiger partial charge on any atom is -0.350 e. The molecule has 2 N–H and O–H groups in total. The fraction of sp³-hybridized carbons (Fsp3) is 0.158. The molecule has 0 radical (unpaired) electrons. The Hall–Kier alpha value is -2.59. The average molecular weight is 339 g/mol. The molecule has 0 saturated heterocycles. The molecule has 122 valence electrons. The van der Waals surface area contributed by atoms with Gasteiger partial charge in [-0.25, -0.2) is 4.98 Å². The minimum absolute atomic E-state index is 0.605. The Balaban J connectivity index is 1.72. The summed E-state index contributed by atoms with van der Waals surface area (Å²) in [4.78, 5) is 8.97. The molecule has 0 saturated carbocycles. The standard InChI is InChI=1S/C19H19ClN4/c1-13-4-3-5-15(10-13)12-21-19-22-14(2)11-18(24-19)23-17-8-6-16(20)7-9-17/h3-11H,12H2,1-2H3,(H2,21,22,23,24). The predicted octanol–water partition coefficient (Wildman–Crippen LogP) is 5.10. The molecule has 2 aromatic carbocycles. The minimum atomic E-state index is 0.605. The lowest BCUT2D eigenvalue weighted by molar-refractivity contribution is 1.03. The van der Waals surface area contributed by atoms with E-state index < -0.39 is 0 Å². The number of hydrogen-bond acceptors (Lipinski definition) is 4. The first-order valence-electron chi connectivity index (χ1n) is 7.76. The van der Waals surface area contributed by atoms with Crippen LogP contribution in [0, 0.1) is 13.8 Å². The van der Waals surface area contributed by atoms with E-state index in [1.807, 2.05) is 37.3 Å². The lowest BCUT2D eigenvalue weighted by Crippen LogP contribution is -2.06. The van der Waals surface area contributed by atoms with E-state index in [0.717, 1.165) is 17.2 Å². The Morgan fingerprint density at radius 3 is 2.50 bits per heavy atom. The molecule has 0 unspecified atom stereocenters. The molecule has 0 atom stereocenters. The van der Waals surface area contributed by atoms with E-state index in [0.29, 0.717) is 17.5 Å². The number of benzene rings is 2. The number of nitrogens with zero attached hydrogens (tertiary/aromatic N) is 2. The van der Waals surface area contributed by atoms with Crippen molar-refractivity contribution in [2.24, 2.45) is 0 Å². The van der Waals surface area contributed by atoms with Gasteiger partial charge < -0.3 is 10.6 Å². The summed E-state index contributed by atoms with van der Waals surface area (Å²) in [5.74, 6) is 1.35. The molecule has 0 spiro atoms. The predicted molar refractivity (Wildman–Crippen MR) is 100 cm³/mol. The van der Waals surface area contributed by atoms with Crippen molar-refractivity contribution in [3.05, 3.63) is 76.4 Å². The number of rotatable bonds is 5. The van der Waals surface area contributed by atoms with Gasteiger partial charge in [-0.15, -0.1) is 0 Å². The zero-order chi connectivity index (χ0) is 16.9. The lowest BCUT2D eigenvalue weighted by atomic mass is 10.1. The molecule has 5 heteroatoms. The monoisotopic (exact) mass is 338 g/mol. The van der Waals surface area contributed by atoms with Gasteiger partial charge in [0.1, 0.15) is 5.82 Å². The third-order valence-corrected chi connectivity index (χ3v) is 3.76. The second kappa shape index (κ2) is 7.32. The summed E-state index contributed by atoms with van der Waals surface area (Å²) in [6.45, 7) is 4.72. The third kappa shape index (κ3) is 4.46. The maximum Gasteiger partial charge on any atom is 0.225 e. The van der Waals surface area contributed by atoms with Crippen LogP contribution >= 0.6 is 11.6 Å². The van der Waals surface area contributed by atoms with E-state index in [9.17, 15) is 0 Å². The molecular weight excluding hydrogens is 320 g/mol. The Kier molecular flexibility index (Phi) is 4.96. The zero-order valence-corrected chi connectivity index (χ0v) is 14.4. The molecule has 3 aromatic rings. The van der Waals surface area contributed by atoms with Crippen molar-refractivity contribution < 1.29 is 0 Å². The van der Waals surface area contributed by atoms with Crippen molar-refractivity contribution in [1.29, 1.82) is 0 Å². The lowest BCUT2D eigenvalue weighted by Gasteiger charge is -2.10. The fourth-order valence-corrected chi connectivity index (χ4v) is 2.52. The Morgan fingerprint density at radius 1 is 0.958 bits per heavy atom. The van der Waals surface area contributed by atoms with Gasteiger partial charge in [-0.1, -0.05) is 41.4 Å². The summed E-state index contributed by atoms with van der Waals surface area (Å²) in [5.41, 5.74) is 4.27. The van der Waals surface area contributed by atoms with Crippen molar-refractivity contribution in [3.8, 4) is 0 Å². The van der Waals surface area contributed by atoms with E-state index in [2.05, 4.69) is 51.8 Å². The van der Waals surface area contributed by atoms with Crippen LogP contribution in [0.1, 0.15) is 16.8 Å². The van der Waals surface area contributed by atoms with Crippen LogP contribution in [0.15, 0.2) is 54.6 Å². The number of aromatic nitrogens is 2. The van der Waals surface area contributed by atoms with Crippen LogP contribution in [0.2, 0.25) is 5.02 Å². The number of halogens is 1. The fourth-order valence-electron chi connectivity index (χ4n) is 2.40. The van der Waals surface area contributed by atoms with E-state index in [1.165, 1.54) is 11.1 Å². The first kappa shape index (κ1) is 16.3. The highest BCUT2D eigenvalue weighted by Crippen LogP contribution is 2.19. The smallest absolute Gasteiger partial charge is 0.225 e. The van der Waals surface area contributed by atoms with Crippen LogP contribution in [0.3, 0.4) is 0 Å². The zero-order valence-electron chi connectivity index (χ0n) is 13.7. The summed E-state index contributed by atoms with van der Waals surface area (Å²) in [6, 6.07) is 17.8. The van der Waals surface area contributed by atoms with E-state index in [1.54, 1.807) is 0 Å². The van der Waals surface area contributed by atoms with Gasteiger partial charge in [0.15, 0.2) is 0 Å². The highest BCUT2D eigenvalue weighted by molar-refractivity contribution is 6.30. The number of anilines is 3. The Morgan fingerprint density at radius 2 is 1.75 bits per heavy atom. The summed E-state index contributed by atoms with van der Waals surface area (Å²) in [6.07, 6.45) is 0. The topological polar surface area (TPSA) is 49.8 Å². The number of nitrogens with one attached hydrogen (secondary N) is 2. The normalized spacial score (nSPS) is 10.5. The molecular formula is C19H19ClN4. The second-order valence-electron chi connectivity index (χ2n) is 5.69. The summed E-state index contributed by atoms with van der Waals surface area (Å²) < 4.78 is 0. The summed E-state index contributed by atoms with van der Waals surface area (Å²) >= 11 is 5.91. The number of hydrogen-bond donors (Lipinski definition) is 2. The summed E-state index contributed by atoms with van der Waals surface area (Å²) in [5, 5.41) is 7.26. The molecule has 4 nitrogen and oxygen atoms in total. The summed E-state index contributed by atoms with van der Waals surface area (Å²) in [7, 11) is 0. The van der Waals surface area contributed by atoms with Gasteiger partial charge in [0.05, 0.1) is 0 Å². The van der Waals surface area contributed by atoms with Crippen LogP contribution in [0.5, 0.6) is 0 Å². The molecule has 1 heterocycles. The van der Waals surface area contributed by atoms with E-state index in [-0.39, 0.29) is 0 Å². The quantitative estimate of drug-likeness (QED) is 0.679. The van der Waals surface area contributed by atoms with Crippen LogP contribution in [-0.4, -0.2) is 9.97 Å². The SMILES string of the molecule is Cc1cccc(CNc2nc(C)cc(Nc3ccc(Cl)cc3)n2)c1. The first-order chi connectivity index (χ1) is 11.6. The van der Waals surface area contributed by atoms with Crippen LogP contribution in [-0.2, 0) is 6.54 Å². The molecule has 0 aliphatic rings. The van der Waals surface area contributed by atoms with Gasteiger partial charge in [-0.05, 0) is 43.7 Å². The third-order valence-electron chi connectivity index (χ3n) is 3.50. The van der Waals surface area contributed by atoms with Crippen LogP contribution in [0.4, 0.5) is 17.5 Å². The van der Waals surface area contributed by atoms with E-state index >= 15 is 0 Å². The van der Waals surface area contributed by atoms with E-state index in [4.69, 9.17) is 11.6 Å². The van der Waals surface area contributed by atoms with Crippen LogP contribution in [0.25, 0.3) is 0 Å². The molecule has 0 amide bonds. The maximum atomic E-state index is 5.91. The highest BCUT2D eigenvalue weighted by atomic mass is 35.5. The molecule has 1 aromatic heterocycles. The Labute approximate surface area is 146 Å². The Bertz CT molecular complexity index is 831. The van der Waals surface area contributed by atoms with Crippen LogP contribution < -0.4 is 10.6 Å². The average Bonchev–Trinajstić information content (AvgIpc) is 2.55. The van der Waals surface area contributed by atoms with Crippen molar-refractivity contribution >= 4 is 29.1 Å². The van der Waals surface area contributed by atoms with Crippen molar-refractivity contribution in [2.45, 2.75) is 20.4 Å². The molecule has 0 fully saturated rings. The van der Waals surface area contributed by atoms with Crippen molar-refractivity contribution in [3.63, 3.8) is 0 Å². The molecule has 24 heavy (non-hydrogen) atoms. The largest absolute Gasteiger partial charge is 0.350 e. The molecule has 3 rings (SSSR count). The maximum absolute atomic E-state index is 5.91. The second-order valence-corrected chi connectivity index (χ2v) is 6.13. The van der Waals surface area contributed by atoms with Crippen molar-refractivity contribution in [2.75, 3.05) is 10.6 Å². The van der Waals surface area contributed by atoms with Gasteiger partial charge in [-0.3, -0.25) is 0 Å². The number of aryl methyl sites for hydroxylation is 2. The highest BCUT2D eigenvalue weighted by Gasteiger charge is 2.03. The van der Waals surface area contributed by atoms with Gasteiger partial charge in [-0.2, -0.15) is 4.98 Å². The first-order valence-corrected chi connectivity index (χ1v) is 8.14. The van der Waals surface area contributed by atoms with Gasteiger partial charge in [0.25, 0.3) is 0 Å². The molecule has 0 bridgehead atoms. The van der Waals surface area contributed by atoms with Gasteiger partial charge in [0.2, 0.25) is 5.95 Å². The van der Waals surface area contributed by atoms with Gasteiger partial charge >= 0.3 is 0 Å². The van der Waals surface area contributed by atoms with Crippen molar-refractivity contribution in [1.82, 2.24) is 9.97 Å². The molecule has 0 aliphatic carbocycles. The van der Waals surface area contributed by atoms with Gasteiger partial charge in [0, 0.05) is 29.0 Å².